The van der Waals surface area contributed by atoms with E-state index in [0.29, 0.717) is 44.3 Å². The molecule has 0 aliphatic carbocycles. The van der Waals surface area contributed by atoms with Gasteiger partial charge in [-0.3, -0.25) is 9.78 Å². The van der Waals surface area contributed by atoms with Crippen LogP contribution in [0.5, 0.6) is 5.75 Å². The van der Waals surface area contributed by atoms with Crippen molar-refractivity contribution >= 4 is 28.6 Å². The van der Waals surface area contributed by atoms with Gasteiger partial charge >= 0.3 is 5.97 Å². The molecule has 0 amide bonds. The molecule has 0 aliphatic rings. The second-order valence-corrected chi connectivity index (χ2v) is 8.61. The van der Waals surface area contributed by atoms with Crippen molar-refractivity contribution in [1.29, 1.82) is 0 Å². The number of esters is 1. The zero-order valence-electron chi connectivity index (χ0n) is 20.4. The fourth-order valence-electron chi connectivity index (χ4n) is 4.12. The minimum atomic E-state index is -0.211. The van der Waals surface area contributed by atoms with Gasteiger partial charge in [0.1, 0.15) is 11.4 Å². The molecule has 0 radical (unpaired) electrons. The van der Waals surface area contributed by atoms with Crippen LogP contribution in [0.1, 0.15) is 35.9 Å². The van der Waals surface area contributed by atoms with Gasteiger partial charge in [0.25, 0.3) is 0 Å². The molecule has 8 nitrogen and oxygen atoms in total. The topological polar surface area (TPSA) is 106 Å². The fourth-order valence-corrected chi connectivity index (χ4v) is 4.12. The van der Waals surface area contributed by atoms with Gasteiger partial charge in [-0.1, -0.05) is 18.2 Å². The molecule has 0 aliphatic heterocycles. The predicted octanol–water partition coefficient (Wildman–Crippen LogP) is 4.34. The number of hydrogen-bond donors (Lipinski definition) is 2. The number of rotatable bonds is 9. The lowest BCUT2D eigenvalue weighted by molar-refractivity contribution is -0.142. The molecule has 4 rings (SSSR count). The molecule has 0 spiro atoms. The van der Waals surface area contributed by atoms with Crippen molar-refractivity contribution < 1.29 is 14.6 Å². The van der Waals surface area contributed by atoms with E-state index in [1.54, 1.807) is 12.1 Å². The third-order valence-corrected chi connectivity index (χ3v) is 5.87. The number of fused-ring (bicyclic) bond motifs is 1. The molecule has 0 bridgehead atoms. The molecule has 0 unspecified atom stereocenters. The summed E-state index contributed by atoms with van der Waals surface area (Å²) in [5.74, 6) is 0.271. The lowest BCUT2D eigenvalue weighted by Crippen LogP contribution is -2.26. The Balaban J connectivity index is 1.64. The molecule has 0 atom stereocenters. The molecule has 0 saturated heterocycles. The van der Waals surface area contributed by atoms with Crippen LogP contribution < -0.4 is 10.6 Å². The monoisotopic (exact) mass is 473 g/mol. The maximum atomic E-state index is 12.0. The van der Waals surface area contributed by atoms with Gasteiger partial charge in [-0.2, -0.15) is 0 Å². The van der Waals surface area contributed by atoms with Crippen molar-refractivity contribution in [1.82, 2.24) is 14.5 Å². The van der Waals surface area contributed by atoms with Gasteiger partial charge in [0.2, 0.25) is 5.95 Å². The van der Waals surface area contributed by atoms with Crippen LogP contribution in [0.25, 0.3) is 11.0 Å². The molecular formula is C27H31N5O3. The number of pyridine rings is 1. The molecule has 2 aromatic carbocycles. The summed E-state index contributed by atoms with van der Waals surface area (Å²) in [6.07, 6.45) is 0.299. The fraction of sp³-hybridized carbons (Fsp3) is 0.296. The Bertz CT molecular complexity index is 1350. The molecular weight excluding hydrogens is 442 g/mol. The van der Waals surface area contributed by atoms with E-state index in [1.807, 2.05) is 42.7 Å². The van der Waals surface area contributed by atoms with Crippen molar-refractivity contribution in [3.8, 4) is 5.75 Å². The Morgan fingerprint density at radius 2 is 1.94 bits per heavy atom. The number of carbonyl (C=O) groups excluding carboxylic acids is 1. The first-order chi connectivity index (χ1) is 16.8. The maximum absolute atomic E-state index is 12.0. The summed E-state index contributed by atoms with van der Waals surface area (Å²) in [6, 6.07) is 17.7. The average molecular weight is 474 g/mol. The van der Waals surface area contributed by atoms with Crippen LogP contribution in [0.3, 0.4) is 0 Å². The van der Waals surface area contributed by atoms with E-state index in [-0.39, 0.29) is 11.7 Å². The largest absolute Gasteiger partial charge is 0.506 e. The Hall–Kier alpha value is -4.07. The second-order valence-electron chi connectivity index (χ2n) is 8.61. The summed E-state index contributed by atoms with van der Waals surface area (Å²) in [5.41, 5.74) is 12.5. The number of carbonyl (C=O) groups is 1. The van der Waals surface area contributed by atoms with E-state index in [1.165, 1.54) is 0 Å². The maximum Gasteiger partial charge on any atom is 0.307 e. The molecule has 2 aromatic heterocycles. The summed E-state index contributed by atoms with van der Waals surface area (Å²) in [5, 5.41) is 10.3. The Morgan fingerprint density at radius 1 is 1.11 bits per heavy atom. The first-order valence-corrected chi connectivity index (χ1v) is 11.7. The number of aromatic nitrogens is 3. The molecule has 4 aromatic rings. The normalized spacial score (nSPS) is 11.1. The van der Waals surface area contributed by atoms with Crippen LogP contribution in [0, 0.1) is 13.8 Å². The molecule has 35 heavy (non-hydrogen) atoms. The third kappa shape index (κ3) is 5.71. The van der Waals surface area contributed by atoms with Gasteiger partial charge in [0.05, 0.1) is 30.6 Å². The number of nitrogens with zero attached hydrogens (tertiary/aromatic N) is 4. The highest BCUT2D eigenvalue weighted by Crippen LogP contribution is 2.25. The molecule has 182 valence electrons. The first kappa shape index (κ1) is 24.1. The highest BCUT2D eigenvalue weighted by atomic mass is 16.5. The molecule has 0 fully saturated rings. The van der Waals surface area contributed by atoms with Crippen LogP contribution in [-0.2, 0) is 22.6 Å². The van der Waals surface area contributed by atoms with E-state index < -0.39 is 0 Å². The van der Waals surface area contributed by atoms with Crippen molar-refractivity contribution in [3.63, 3.8) is 0 Å². The van der Waals surface area contributed by atoms with Gasteiger partial charge in [-0.05, 0) is 68.3 Å². The number of aryl methyl sites for hydroxylation is 2. The van der Waals surface area contributed by atoms with Crippen LogP contribution in [0.2, 0.25) is 0 Å². The molecule has 2 heterocycles. The lowest BCUT2D eigenvalue weighted by Gasteiger charge is -2.25. The van der Waals surface area contributed by atoms with E-state index in [9.17, 15) is 9.90 Å². The van der Waals surface area contributed by atoms with Crippen LogP contribution in [0.4, 0.5) is 11.6 Å². The highest BCUT2D eigenvalue weighted by molar-refractivity contribution is 5.79. The summed E-state index contributed by atoms with van der Waals surface area (Å²) in [6.45, 7) is 7.55. The van der Waals surface area contributed by atoms with Crippen LogP contribution in [0.15, 0.2) is 54.6 Å². The van der Waals surface area contributed by atoms with Crippen molar-refractivity contribution in [2.45, 2.75) is 40.3 Å². The van der Waals surface area contributed by atoms with E-state index in [0.717, 1.165) is 33.5 Å². The molecule has 0 saturated carbocycles. The van der Waals surface area contributed by atoms with Gasteiger partial charge in [0.15, 0.2) is 0 Å². The van der Waals surface area contributed by atoms with Gasteiger partial charge in [-0.25, -0.2) is 4.98 Å². The lowest BCUT2D eigenvalue weighted by atomic mass is 10.1. The standard InChI is InChI=1S/C27H31N5O3/c1-4-35-26(34)12-13-31(21-7-5-6-18(2)14-21)16-20-9-10-22-24(15-20)32(27(28)30-22)17-23-25(33)11-8-19(3)29-23/h5-11,14-15,33H,4,12-13,16-17H2,1-3H3,(H2,28,30). The summed E-state index contributed by atoms with van der Waals surface area (Å²) >= 11 is 0. The SMILES string of the molecule is CCOC(=O)CCN(Cc1ccc2nc(N)n(Cc3nc(C)ccc3O)c2c1)c1cccc(C)c1. The van der Waals surface area contributed by atoms with Gasteiger partial charge < -0.3 is 25.0 Å². The van der Waals surface area contributed by atoms with E-state index in [2.05, 4.69) is 40.0 Å². The second kappa shape index (κ2) is 10.5. The number of ether oxygens (including phenoxy) is 1. The summed E-state index contributed by atoms with van der Waals surface area (Å²) in [4.78, 5) is 23.2. The number of anilines is 2. The zero-order chi connectivity index (χ0) is 24.9. The van der Waals surface area contributed by atoms with Crippen molar-refractivity contribution in [2.24, 2.45) is 0 Å². The number of aromatic hydroxyl groups is 1. The minimum Gasteiger partial charge on any atom is -0.506 e. The summed E-state index contributed by atoms with van der Waals surface area (Å²) < 4.78 is 6.99. The number of imidazole rings is 1. The molecule has 3 N–H and O–H groups in total. The number of benzene rings is 2. The molecule has 8 heteroatoms. The predicted molar refractivity (Wildman–Crippen MR) is 137 cm³/mol. The average Bonchev–Trinajstić information content (AvgIpc) is 3.13. The smallest absolute Gasteiger partial charge is 0.307 e. The van der Waals surface area contributed by atoms with Crippen molar-refractivity contribution in [2.75, 3.05) is 23.8 Å². The number of nitrogen functional groups attached to an aromatic ring is 1. The van der Waals surface area contributed by atoms with Crippen LogP contribution >= 0.6 is 0 Å². The number of nitrogens with two attached hydrogens (primary N) is 1. The van der Waals surface area contributed by atoms with Gasteiger partial charge in [0, 0.05) is 24.5 Å². The van der Waals surface area contributed by atoms with E-state index in [4.69, 9.17) is 10.5 Å². The Morgan fingerprint density at radius 3 is 2.71 bits per heavy atom. The first-order valence-electron chi connectivity index (χ1n) is 11.7. The van der Waals surface area contributed by atoms with Crippen molar-refractivity contribution in [3.05, 3.63) is 77.1 Å². The summed E-state index contributed by atoms with van der Waals surface area (Å²) in [7, 11) is 0. The third-order valence-electron chi connectivity index (χ3n) is 5.87. The quantitative estimate of drug-likeness (QED) is 0.348. The Kier molecular flexibility index (Phi) is 7.19. The zero-order valence-corrected chi connectivity index (χ0v) is 20.4. The number of hydrogen-bond acceptors (Lipinski definition) is 7. The van der Waals surface area contributed by atoms with Gasteiger partial charge in [-0.15, -0.1) is 0 Å². The van der Waals surface area contributed by atoms with Crippen LogP contribution in [-0.4, -0.2) is 38.8 Å². The van der Waals surface area contributed by atoms with E-state index >= 15 is 0 Å². The minimum absolute atomic E-state index is 0.123. The highest BCUT2D eigenvalue weighted by Gasteiger charge is 2.15. The Labute approximate surface area is 205 Å².